The van der Waals surface area contributed by atoms with Gasteiger partial charge in [-0.1, -0.05) is 22.0 Å². The summed E-state index contributed by atoms with van der Waals surface area (Å²) in [5.74, 6) is 0.486. The topological polar surface area (TPSA) is 29.5 Å². The van der Waals surface area contributed by atoms with Crippen LogP contribution in [0.25, 0.3) is 0 Å². The van der Waals surface area contributed by atoms with Gasteiger partial charge in [0, 0.05) is 4.47 Å². The van der Waals surface area contributed by atoms with Crippen LogP contribution in [0.5, 0.6) is 11.5 Å². The molecule has 106 valence electrons. The smallest absolute Gasteiger partial charge is 0.136 e. The fourth-order valence-electron chi connectivity index (χ4n) is 2.10. The molecule has 20 heavy (non-hydrogen) atoms. The van der Waals surface area contributed by atoms with Gasteiger partial charge in [-0.05, 0) is 56.2 Å². The summed E-state index contributed by atoms with van der Waals surface area (Å²) in [6.07, 6.45) is -0.927. The summed E-state index contributed by atoms with van der Waals surface area (Å²) in [4.78, 5) is 0. The van der Waals surface area contributed by atoms with Gasteiger partial charge in [-0.3, -0.25) is 0 Å². The molecule has 0 aliphatic carbocycles. The monoisotopic (exact) mass is 338 g/mol. The van der Waals surface area contributed by atoms with Crippen LogP contribution in [0.3, 0.4) is 0 Å². The van der Waals surface area contributed by atoms with Crippen molar-refractivity contribution < 1.29 is 14.2 Å². The van der Waals surface area contributed by atoms with Crippen molar-refractivity contribution in [1.29, 1.82) is 0 Å². The Balaban J connectivity index is 2.43. The van der Waals surface area contributed by atoms with Gasteiger partial charge < -0.3 is 9.84 Å². The molecule has 0 spiro atoms. The molecule has 0 aliphatic rings. The second-order valence-electron chi connectivity index (χ2n) is 4.80. The minimum Gasteiger partial charge on any atom is -0.457 e. The molecule has 0 saturated carbocycles. The molecule has 0 fully saturated rings. The van der Waals surface area contributed by atoms with Crippen LogP contribution in [0.15, 0.2) is 34.8 Å². The van der Waals surface area contributed by atoms with Gasteiger partial charge in [-0.25, -0.2) is 4.39 Å². The number of aliphatic hydroxyl groups is 1. The van der Waals surface area contributed by atoms with Gasteiger partial charge in [0.2, 0.25) is 0 Å². The Morgan fingerprint density at radius 1 is 1.20 bits per heavy atom. The molecule has 0 saturated heterocycles. The van der Waals surface area contributed by atoms with Crippen LogP contribution < -0.4 is 4.74 Å². The van der Waals surface area contributed by atoms with Crippen molar-refractivity contribution in [2.45, 2.75) is 26.9 Å². The van der Waals surface area contributed by atoms with Crippen LogP contribution in [0, 0.1) is 19.7 Å². The Labute approximate surface area is 126 Å². The fourth-order valence-corrected chi connectivity index (χ4v) is 2.33. The molecule has 0 unspecified atom stereocenters. The van der Waals surface area contributed by atoms with E-state index in [9.17, 15) is 9.50 Å². The average Bonchev–Trinajstić information content (AvgIpc) is 2.35. The minimum atomic E-state index is -0.927. The van der Waals surface area contributed by atoms with E-state index in [0.29, 0.717) is 11.5 Å². The van der Waals surface area contributed by atoms with Crippen molar-refractivity contribution in [2.24, 2.45) is 0 Å². The number of aliphatic hydroxyl groups excluding tert-OH is 1. The summed E-state index contributed by atoms with van der Waals surface area (Å²) in [6.45, 7) is 5.44. The molecule has 0 aliphatic heterocycles. The zero-order chi connectivity index (χ0) is 14.9. The summed E-state index contributed by atoms with van der Waals surface area (Å²) in [7, 11) is 0. The Kier molecular flexibility index (Phi) is 4.45. The van der Waals surface area contributed by atoms with Gasteiger partial charge in [0.05, 0.1) is 11.7 Å². The Morgan fingerprint density at radius 2 is 1.80 bits per heavy atom. The molecule has 4 heteroatoms. The molecule has 0 radical (unpaired) electrons. The molecule has 1 N–H and O–H groups in total. The number of hydrogen-bond acceptors (Lipinski definition) is 2. The highest BCUT2D eigenvalue weighted by Crippen LogP contribution is 2.34. The second-order valence-corrected chi connectivity index (χ2v) is 5.59. The Bertz CT molecular complexity index is 615. The first-order chi connectivity index (χ1) is 9.40. The van der Waals surface area contributed by atoms with Gasteiger partial charge in [-0.2, -0.15) is 0 Å². The molecule has 2 rings (SSSR count). The summed E-state index contributed by atoms with van der Waals surface area (Å²) < 4.78 is 20.6. The predicted octanol–water partition coefficient (Wildman–Crippen LogP) is 5.05. The molecule has 2 nitrogen and oxygen atoms in total. The minimum absolute atomic E-state index is 0.172. The molecule has 1 atom stereocenters. The standard InChI is InChI=1S/C16H16BrFO2/c1-9-7-12(8-10(2)16(9)17)20-14-6-4-5-13(18)15(14)11(3)19/h4-8,11,19H,1-3H3/t11-/m1/s1. The van der Waals surface area contributed by atoms with Crippen molar-refractivity contribution in [3.63, 3.8) is 0 Å². The zero-order valence-corrected chi connectivity index (χ0v) is 13.2. The first-order valence-electron chi connectivity index (χ1n) is 6.31. The predicted molar refractivity (Wildman–Crippen MR) is 80.7 cm³/mol. The third-order valence-electron chi connectivity index (χ3n) is 3.07. The molecule has 0 bridgehead atoms. The summed E-state index contributed by atoms with van der Waals surface area (Å²) in [6, 6.07) is 8.27. The summed E-state index contributed by atoms with van der Waals surface area (Å²) in [5.41, 5.74) is 2.25. The Morgan fingerprint density at radius 3 is 2.35 bits per heavy atom. The van der Waals surface area contributed by atoms with Crippen LogP contribution in [-0.2, 0) is 0 Å². The maximum Gasteiger partial charge on any atom is 0.136 e. The lowest BCUT2D eigenvalue weighted by Gasteiger charge is -2.15. The molecule has 0 amide bonds. The van der Waals surface area contributed by atoms with E-state index in [2.05, 4.69) is 15.9 Å². The average molecular weight is 339 g/mol. The molecular weight excluding hydrogens is 323 g/mol. The maximum atomic E-state index is 13.8. The van der Waals surface area contributed by atoms with Crippen molar-refractivity contribution in [3.05, 3.63) is 57.3 Å². The number of halogens is 2. The third kappa shape index (κ3) is 3.02. The number of benzene rings is 2. The quantitative estimate of drug-likeness (QED) is 0.848. The van der Waals surface area contributed by atoms with Gasteiger partial charge in [-0.15, -0.1) is 0 Å². The fraction of sp³-hybridized carbons (Fsp3) is 0.250. The molecule has 0 aromatic heterocycles. The van der Waals surface area contributed by atoms with Crippen LogP contribution in [0.1, 0.15) is 29.7 Å². The number of rotatable bonds is 3. The van der Waals surface area contributed by atoms with Crippen LogP contribution >= 0.6 is 15.9 Å². The number of hydrogen-bond donors (Lipinski definition) is 1. The van der Waals surface area contributed by atoms with E-state index in [1.165, 1.54) is 13.0 Å². The van der Waals surface area contributed by atoms with Crippen molar-refractivity contribution >= 4 is 15.9 Å². The van der Waals surface area contributed by atoms with Crippen molar-refractivity contribution in [2.75, 3.05) is 0 Å². The summed E-state index contributed by atoms with van der Waals surface area (Å²) >= 11 is 3.49. The number of aryl methyl sites for hydroxylation is 2. The van der Waals surface area contributed by atoms with E-state index in [4.69, 9.17) is 4.74 Å². The second kappa shape index (κ2) is 5.94. The highest BCUT2D eigenvalue weighted by atomic mass is 79.9. The molecular formula is C16H16BrFO2. The number of ether oxygens (including phenoxy) is 1. The van der Waals surface area contributed by atoms with Crippen molar-refractivity contribution in [1.82, 2.24) is 0 Å². The van der Waals surface area contributed by atoms with E-state index < -0.39 is 11.9 Å². The highest BCUT2D eigenvalue weighted by molar-refractivity contribution is 9.10. The van der Waals surface area contributed by atoms with Gasteiger partial charge >= 0.3 is 0 Å². The van der Waals surface area contributed by atoms with Gasteiger partial charge in [0.25, 0.3) is 0 Å². The van der Waals surface area contributed by atoms with Gasteiger partial charge in [0.1, 0.15) is 17.3 Å². The lowest BCUT2D eigenvalue weighted by molar-refractivity contribution is 0.190. The first-order valence-corrected chi connectivity index (χ1v) is 7.10. The SMILES string of the molecule is Cc1cc(Oc2cccc(F)c2[C@@H](C)O)cc(C)c1Br. The van der Waals surface area contributed by atoms with E-state index in [0.717, 1.165) is 15.6 Å². The van der Waals surface area contributed by atoms with Gasteiger partial charge in [0.15, 0.2) is 0 Å². The Hall–Kier alpha value is -1.39. The van der Waals surface area contributed by atoms with Crippen molar-refractivity contribution in [3.8, 4) is 11.5 Å². The van der Waals surface area contributed by atoms with Crippen LogP contribution in [-0.4, -0.2) is 5.11 Å². The summed E-state index contributed by atoms with van der Waals surface area (Å²) in [5, 5.41) is 9.69. The van der Waals surface area contributed by atoms with Crippen LogP contribution in [0.2, 0.25) is 0 Å². The lowest BCUT2D eigenvalue weighted by atomic mass is 10.1. The van der Waals surface area contributed by atoms with E-state index >= 15 is 0 Å². The molecule has 0 heterocycles. The van der Waals surface area contributed by atoms with E-state index in [1.807, 2.05) is 26.0 Å². The van der Waals surface area contributed by atoms with Crippen LogP contribution in [0.4, 0.5) is 4.39 Å². The normalized spacial score (nSPS) is 12.3. The lowest BCUT2D eigenvalue weighted by Crippen LogP contribution is -2.00. The zero-order valence-electron chi connectivity index (χ0n) is 11.6. The largest absolute Gasteiger partial charge is 0.457 e. The highest BCUT2D eigenvalue weighted by Gasteiger charge is 2.15. The molecule has 2 aromatic carbocycles. The third-order valence-corrected chi connectivity index (χ3v) is 4.32. The first kappa shape index (κ1) is 15.0. The maximum absolute atomic E-state index is 13.8. The molecule has 2 aromatic rings. The van der Waals surface area contributed by atoms with E-state index in [1.54, 1.807) is 12.1 Å². The van der Waals surface area contributed by atoms with E-state index in [-0.39, 0.29) is 5.56 Å².